The minimum Gasteiger partial charge on any atom is -0.496 e. The molecule has 11 nitrogen and oxygen atoms in total. The van der Waals surface area contributed by atoms with Gasteiger partial charge >= 0.3 is 18.3 Å². The molecule has 2 aliphatic rings. The predicted molar refractivity (Wildman–Crippen MR) is 122 cm³/mol. The van der Waals surface area contributed by atoms with E-state index in [1.807, 2.05) is 4.90 Å². The normalized spacial score (nSPS) is 18.1. The summed E-state index contributed by atoms with van der Waals surface area (Å²) in [5.74, 6) is -0.120. The Morgan fingerprint density at radius 1 is 1.14 bits per heavy atom. The number of aromatic nitrogens is 2. The van der Waals surface area contributed by atoms with Crippen molar-refractivity contribution in [3.63, 3.8) is 0 Å². The van der Waals surface area contributed by atoms with Gasteiger partial charge in [-0.3, -0.25) is 4.90 Å². The van der Waals surface area contributed by atoms with E-state index in [1.165, 1.54) is 31.5 Å². The molecule has 1 atom stereocenters. The molecule has 4 rings (SSSR count). The number of methoxy groups -OCH3 is 2. The molecule has 0 saturated carbocycles. The number of fused-ring (bicyclic) bond motifs is 1. The number of anilines is 1. The van der Waals surface area contributed by atoms with Crippen LogP contribution in [0.2, 0.25) is 0 Å². The maximum absolute atomic E-state index is 13.3. The summed E-state index contributed by atoms with van der Waals surface area (Å²) in [5, 5.41) is 0.376. The van der Waals surface area contributed by atoms with E-state index >= 15 is 0 Å². The van der Waals surface area contributed by atoms with Gasteiger partial charge in [0, 0.05) is 32.7 Å². The number of ether oxygens (including phenoxy) is 3. The van der Waals surface area contributed by atoms with Crippen LogP contribution in [0.25, 0.3) is 0 Å². The number of carbonyl (C=O) groups is 2. The van der Waals surface area contributed by atoms with E-state index in [4.69, 9.17) is 19.9 Å². The number of carbonyl (C=O) groups excluding carboxylic acids is 2. The van der Waals surface area contributed by atoms with Crippen molar-refractivity contribution in [3.8, 4) is 11.6 Å². The Kier molecular flexibility index (Phi) is 7.31. The van der Waals surface area contributed by atoms with Crippen molar-refractivity contribution in [1.82, 2.24) is 19.8 Å². The zero-order valence-electron chi connectivity index (χ0n) is 19.3. The highest BCUT2D eigenvalue weighted by Crippen LogP contribution is 2.46. The Morgan fingerprint density at radius 3 is 2.47 bits per heavy atom. The van der Waals surface area contributed by atoms with Crippen LogP contribution in [0.5, 0.6) is 11.6 Å². The average molecular weight is 529 g/mol. The third-order valence-electron chi connectivity index (χ3n) is 5.66. The second kappa shape index (κ2) is 10.3. The third-order valence-corrected chi connectivity index (χ3v) is 6.69. The van der Waals surface area contributed by atoms with Crippen LogP contribution in [0.4, 0.5) is 28.4 Å². The minimum absolute atomic E-state index is 0.116. The molecule has 1 aromatic carbocycles. The van der Waals surface area contributed by atoms with Gasteiger partial charge in [-0.1, -0.05) is 6.07 Å². The lowest BCUT2D eigenvalue weighted by Gasteiger charge is -2.35. The maximum atomic E-state index is 13.3. The van der Waals surface area contributed by atoms with E-state index in [0.29, 0.717) is 23.7 Å². The first-order valence-corrected chi connectivity index (χ1v) is 11.6. The number of nitrogens with two attached hydrogens (primary N) is 1. The number of hydrogen-bond donors (Lipinski definition) is 1. The molecule has 15 heteroatoms. The van der Waals surface area contributed by atoms with Gasteiger partial charge in [-0.05, 0) is 29.5 Å². The van der Waals surface area contributed by atoms with Crippen molar-refractivity contribution < 1.29 is 37.0 Å². The molecule has 2 aliphatic heterocycles. The van der Waals surface area contributed by atoms with Gasteiger partial charge in [0.2, 0.25) is 11.4 Å². The van der Waals surface area contributed by atoms with E-state index < -0.39 is 29.4 Å². The van der Waals surface area contributed by atoms with Crippen LogP contribution in [-0.4, -0.2) is 77.9 Å². The molecule has 194 valence electrons. The Labute approximate surface area is 208 Å². The summed E-state index contributed by atoms with van der Waals surface area (Å²) in [4.78, 5) is 37.4. The zero-order valence-corrected chi connectivity index (χ0v) is 20.1. The van der Waals surface area contributed by atoms with Gasteiger partial charge in [-0.15, -0.1) is 0 Å². The maximum Gasteiger partial charge on any atom is 0.419 e. The van der Waals surface area contributed by atoms with Gasteiger partial charge in [0.25, 0.3) is 0 Å². The Morgan fingerprint density at radius 2 is 1.86 bits per heavy atom. The van der Waals surface area contributed by atoms with E-state index in [1.54, 1.807) is 6.07 Å². The fourth-order valence-electron chi connectivity index (χ4n) is 3.92. The second-order valence-corrected chi connectivity index (χ2v) is 8.87. The first kappa shape index (κ1) is 25.6. The number of alkyl halides is 3. The van der Waals surface area contributed by atoms with Crippen molar-refractivity contribution in [3.05, 3.63) is 35.7 Å². The Balaban J connectivity index is 1.36. The summed E-state index contributed by atoms with van der Waals surface area (Å²) < 4.78 is 55.5. The predicted octanol–water partition coefficient (Wildman–Crippen LogP) is 2.74. The lowest BCUT2D eigenvalue weighted by Crippen LogP contribution is -2.50. The quantitative estimate of drug-likeness (QED) is 0.584. The topological polar surface area (TPSA) is 123 Å². The van der Waals surface area contributed by atoms with E-state index in [0.717, 1.165) is 22.7 Å². The van der Waals surface area contributed by atoms with E-state index in [9.17, 15) is 22.8 Å². The van der Waals surface area contributed by atoms with Crippen LogP contribution in [0, 0.1) is 0 Å². The summed E-state index contributed by atoms with van der Waals surface area (Å²) in [6.45, 7) is 1.67. The number of thioether (sulfide) groups is 1. The fraction of sp³-hybridized carbons (Fsp3) is 0.429. The summed E-state index contributed by atoms with van der Waals surface area (Å²) in [6.07, 6.45) is -3.94. The molecule has 0 bridgehead atoms. The molecule has 3 heterocycles. The van der Waals surface area contributed by atoms with Crippen molar-refractivity contribution in [2.75, 3.05) is 45.3 Å². The van der Waals surface area contributed by atoms with Crippen molar-refractivity contribution in [2.24, 2.45) is 5.73 Å². The molecule has 1 saturated heterocycles. The van der Waals surface area contributed by atoms with E-state index in [2.05, 4.69) is 9.97 Å². The number of primary amides is 1. The molecule has 1 unspecified atom stereocenters. The lowest BCUT2D eigenvalue weighted by atomic mass is 10.1. The number of nitrogens with zero attached hydrogens (tertiary/aromatic N) is 5. The number of urea groups is 1. The Hall–Kier alpha value is -3.46. The third kappa shape index (κ3) is 5.21. The number of benzene rings is 1. The molecule has 2 aromatic rings. The van der Waals surface area contributed by atoms with Crippen LogP contribution in [0.1, 0.15) is 11.1 Å². The van der Waals surface area contributed by atoms with Gasteiger partial charge in [0.05, 0.1) is 19.8 Å². The summed E-state index contributed by atoms with van der Waals surface area (Å²) >= 11 is 1.01. The molecule has 0 radical (unpaired) electrons. The van der Waals surface area contributed by atoms with Crippen LogP contribution in [0.3, 0.4) is 0 Å². The van der Waals surface area contributed by atoms with Gasteiger partial charge in [0.1, 0.15) is 22.8 Å². The molecule has 0 spiro atoms. The lowest BCUT2D eigenvalue weighted by molar-refractivity contribution is -0.138. The van der Waals surface area contributed by atoms with Gasteiger partial charge in [-0.2, -0.15) is 18.2 Å². The van der Waals surface area contributed by atoms with Crippen LogP contribution in [0.15, 0.2) is 29.6 Å². The molecule has 0 aliphatic carbocycles. The molecule has 1 fully saturated rings. The van der Waals surface area contributed by atoms with Crippen molar-refractivity contribution in [2.45, 2.75) is 23.3 Å². The standard InChI is InChI=1S/C21H23F3N6O5S/c1-33-14-4-3-12(9-13(14)21(22,23)24)10-28-5-7-29(8-6-28)19(32)35-20-30(18(25)31)15-16(34-2)26-11-27-17(15)36-20/h3-4,9,11,20H,5-8,10H2,1-2H3,(H2,25,31). The number of piperazine rings is 1. The van der Waals surface area contributed by atoms with Gasteiger partial charge in [0.15, 0.2) is 0 Å². The van der Waals surface area contributed by atoms with Crippen LogP contribution in [-0.2, 0) is 17.5 Å². The highest BCUT2D eigenvalue weighted by Gasteiger charge is 2.41. The van der Waals surface area contributed by atoms with Gasteiger partial charge < -0.3 is 24.8 Å². The molecular weight excluding hydrogens is 505 g/mol. The molecule has 36 heavy (non-hydrogen) atoms. The molecular formula is C21H23F3N6O5S. The number of hydrogen-bond acceptors (Lipinski definition) is 9. The van der Waals surface area contributed by atoms with E-state index in [-0.39, 0.29) is 37.0 Å². The largest absolute Gasteiger partial charge is 0.496 e. The first-order valence-electron chi connectivity index (χ1n) is 10.7. The number of halogens is 3. The van der Waals surface area contributed by atoms with Crippen LogP contribution < -0.4 is 20.1 Å². The molecule has 3 amide bonds. The number of rotatable bonds is 5. The smallest absolute Gasteiger partial charge is 0.419 e. The fourth-order valence-corrected chi connectivity index (χ4v) is 4.96. The van der Waals surface area contributed by atoms with Crippen molar-refractivity contribution in [1.29, 1.82) is 0 Å². The average Bonchev–Trinajstić information content (AvgIpc) is 3.22. The summed E-state index contributed by atoms with van der Waals surface area (Å²) in [6, 6.07) is 3.09. The first-order chi connectivity index (χ1) is 17.1. The molecule has 2 N–H and O–H groups in total. The van der Waals surface area contributed by atoms with Gasteiger partial charge in [-0.25, -0.2) is 19.5 Å². The van der Waals surface area contributed by atoms with Crippen molar-refractivity contribution >= 4 is 29.6 Å². The zero-order chi connectivity index (χ0) is 26.0. The highest BCUT2D eigenvalue weighted by atomic mass is 32.2. The SMILES string of the molecule is COc1ccc(CN2CCN(C(=O)OC3Sc4ncnc(OC)c4N3C(N)=O)CC2)cc1C(F)(F)F. The second-order valence-electron chi connectivity index (χ2n) is 7.85. The summed E-state index contributed by atoms with van der Waals surface area (Å²) in [5.41, 5.74) is 4.28. The summed E-state index contributed by atoms with van der Waals surface area (Å²) in [7, 11) is 2.57. The molecule has 1 aromatic heterocycles. The highest BCUT2D eigenvalue weighted by molar-refractivity contribution is 8.00. The minimum atomic E-state index is -4.53. The number of amides is 3. The Bertz CT molecular complexity index is 1150. The monoisotopic (exact) mass is 528 g/mol. The van der Waals surface area contributed by atoms with Crippen LogP contribution >= 0.6 is 11.8 Å².